The van der Waals surface area contributed by atoms with Gasteiger partial charge in [0.2, 0.25) is 0 Å². The summed E-state index contributed by atoms with van der Waals surface area (Å²) in [6, 6.07) is 8.02. The zero-order valence-electron chi connectivity index (χ0n) is 12.2. The van der Waals surface area contributed by atoms with Crippen LogP contribution in [0.15, 0.2) is 34.9 Å². The first kappa shape index (κ1) is 15.9. The lowest BCUT2D eigenvalue weighted by Gasteiger charge is -2.19. The van der Waals surface area contributed by atoms with E-state index in [1.807, 2.05) is 24.4 Å². The molecule has 4 nitrogen and oxygen atoms in total. The Balaban J connectivity index is 0.00000161. The Bertz CT molecular complexity index is 565. The quantitative estimate of drug-likeness (QED) is 0.942. The van der Waals surface area contributed by atoms with Crippen LogP contribution in [0.25, 0.3) is 0 Å². The van der Waals surface area contributed by atoms with E-state index in [4.69, 9.17) is 9.15 Å². The Morgan fingerprint density at radius 3 is 3.00 bits per heavy atom. The molecule has 114 valence electrons. The second-order valence-electron chi connectivity index (χ2n) is 5.20. The molecule has 1 N–H and O–H groups in total. The number of nitrogens with zero attached hydrogens (tertiary/aromatic N) is 1. The van der Waals surface area contributed by atoms with Crippen molar-refractivity contribution in [2.45, 2.75) is 25.2 Å². The van der Waals surface area contributed by atoms with Gasteiger partial charge in [0.15, 0.2) is 5.89 Å². The maximum atomic E-state index is 5.92. The molecule has 1 atom stereocenters. The number of methoxy groups -OCH3 is 1. The van der Waals surface area contributed by atoms with E-state index in [1.54, 1.807) is 7.11 Å². The third-order valence-electron chi connectivity index (χ3n) is 3.77. The predicted molar refractivity (Wildman–Crippen MR) is 84.4 cm³/mol. The van der Waals surface area contributed by atoms with E-state index >= 15 is 0 Å². The third kappa shape index (κ3) is 3.77. The molecule has 1 saturated heterocycles. The first-order chi connectivity index (χ1) is 9.86. The fourth-order valence-corrected chi connectivity index (χ4v) is 2.69. The van der Waals surface area contributed by atoms with E-state index in [0.29, 0.717) is 5.92 Å². The molecule has 0 aliphatic carbocycles. The molecule has 1 aliphatic heterocycles. The highest BCUT2D eigenvalue weighted by molar-refractivity contribution is 5.85. The van der Waals surface area contributed by atoms with Crippen LogP contribution in [-0.4, -0.2) is 25.2 Å². The topological polar surface area (TPSA) is 47.3 Å². The summed E-state index contributed by atoms with van der Waals surface area (Å²) >= 11 is 0. The molecule has 1 aliphatic rings. The van der Waals surface area contributed by atoms with E-state index < -0.39 is 0 Å². The van der Waals surface area contributed by atoms with Crippen LogP contribution < -0.4 is 10.1 Å². The van der Waals surface area contributed by atoms with E-state index in [0.717, 1.165) is 48.9 Å². The van der Waals surface area contributed by atoms with E-state index in [1.165, 1.54) is 6.42 Å². The Labute approximate surface area is 131 Å². The number of hydrogen-bond donors (Lipinski definition) is 1. The van der Waals surface area contributed by atoms with Gasteiger partial charge in [0.25, 0.3) is 0 Å². The molecule has 1 aromatic carbocycles. The van der Waals surface area contributed by atoms with Crippen LogP contribution in [-0.2, 0) is 6.42 Å². The van der Waals surface area contributed by atoms with E-state index in [-0.39, 0.29) is 12.4 Å². The number of para-hydroxylation sites is 1. The lowest BCUT2D eigenvalue weighted by molar-refractivity contribution is 0.364. The zero-order valence-corrected chi connectivity index (χ0v) is 13.0. The smallest absolute Gasteiger partial charge is 0.198 e. The normalized spacial score (nSPS) is 18.0. The summed E-state index contributed by atoms with van der Waals surface area (Å²) in [6.45, 7) is 2.07. The average Bonchev–Trinajstić information content (AvgIpc) is 2.97. The standard InChI is InChI=1S/C16H20N2O2.ClH/c1-19-15-7-3-2-5-12(15)9-14-11-18-16(20-14)13-6-4-8-17-10-13;/h2-3,5,7,11,13,17H,4,6,8-10H2,1H3;1H. The molecule has 0 amide bonds. The van der Waals surface area contributed by atoms with Crippen molar-refractivity contribution < 1.29 is 9.15 Å². The van der Waals surface area contributed by atoms with E-state index in [9.17, 15) is 0 Å². The summed E-state index contributed by atoms with van der Waals surface area (Å²) in [7, 11) is 1.69. The fraction of sp³-hybridized carbons (Fsp3) is 0.438. The molecule has 0 saturated carbocycles. The lowest BCUT2D eigenvalue weighted by Crippen LogP contribution is -2.28. The van der Waals surface area contributed by atoms with Gasteiger partial charge in [-0.1, -0.05) is 18.2 Å². The second-order valence-corrected chi connectivity index (χ2v) is 5.20. The predicted octanol–water partition coefficient (Wildman–Crippen LogP) is 3.16. The lowest BCUT2D eigenvalue weighted by atomic mass is 10.00. The fourth-order valence-electron chi connectivity index (χ4n) is 2.69. The Hall–Kier alpha value is -1.52. The average molecular weight is 309 g/mol. The first-order valence-corrected chi connectivity index (χ1v) is 7.14. The van der Waals surface area contributed by atoms with Crippen LogP contribution in [0.5, 0.6) is 5.75 Å². The third-order valence-corrected chi connectivity index (χ3v) is 3.77. The van der Waals surface area contributed by atoms with Gasteiger partial charge in [0, 0.05) is 24.4 Å². The van der Waals surface area contributed by atoms with Crippen molar-refractivity contribution in [2.75, 3.05) is 20.2 Å². The first-order valence-electron chi connectivity index (χ1n) is 7.14. The van der Waals surface area contributed by atoms with Gasteiger partial charge in [-0.05, 0) is 25.5 Å². The summed E-state index contributed by atoms with van der Waals surface area (Å²) in [5.41, 5.74) is 1.12. The van der Waals surface area contributed by atoms with Crippen LogP contribution >= 0.6 is 12.4 Å². The zero-order chi connectivity index (χ0) is 13.8. The summed E-state index contributed by atoms with van der Waals surface area (Å²) < 4.78 is 11.3. The van der Waals surface area contributed by atoms with E-state index in [2.05, 4.69) is 16.4 Å². The van der Waals surface area contributed by atoms with Crippen molar-refractivity contribution in [3.63, 3.8) is 0 Å². The molecule has 2 heterocycles. The van der Waals surface area contributed by atoms with Crippen LogP contribution in [0.1, 0.15) is 36.0 Å². The van der Waals surface area contributed by atoms with Gasteiger partial charge in [-0.3, -0.25) is 0 Å². The number of hydrogen-bond acceptors (Lipinski definition) is 4. The number of ether oxygens (including phenoxy) is 1. The summed E-state index contributed by atoms with van der Waals surface area (Å²) in [6.07, 6.45) is 4.91. The summed E-state index contributed by atoms with van der Waals surface area (Å²) in [5, 5.41) is 3.39. The van der Waals surface area contributed by atoms with Crippen molar-refractivity contribution in [1.82, 2.24) is 10.3 Å². The number of benzene rings is 1. The summed E-state index contributed by atoms with van der Waals surface area (Å²) in [5.74, 6) is 3.07. The Morgan fingerprint density at radius 1 is 1.38 bits per heavy atom. The van der Waals surface area contributed by atoms with Crippen molar-refractivity contribution >= 4 is 12.4 Å². The van der Waals surface area contributed by atoms with Crippen LogP contribution in [0.3, 0.4) is 0 Å². The molecule has 3 rings (SSSR count). The highest BCUT2D eigenvalue weighted by atomic mass is 35.5. The van der Waals surface area contributed by atoms with Gasteiger partial charge >= 0.3 is 0 Å². The maximum absolute atomic E-state index is 5.92. The molecule has 21 heavy (non-hydrogen) atoms. The van der Waals surface area contributed by atoms with Gasteiger partial charge in [-0.15, -0.1) is 12.4 Å². The molecule has 0 radical (unpaired) electrons. The van der Waals surface area contributed by atoms with Crippen LogP contribution in [0.4, 0.5) is 0 Å². The molecule has 1 unspecified atom stereocenters. The number of piperidine rings is 1. The SMILES string of the molecule is COc1ccccc1Cc1cnc(C2CCCNC2)o1.Cl. The Kier molecular flexibility index (Phi) is 5.65. The van der Waals surface area contributed by atoms with Crippen molar-refractivity contribution in [2.24, 2.45) is 0 Å². The summed E-state index contributed by atoms with van der Waals surface area (Å²) in [4.78, 5) is 4.44. The highest BCUT2D eigenvalue weighted by Crippen LogP contribution is 2.25. The van der Waals surface area contributed by atoms with Gasteiger partial charge in [-0.25, -0.2) is 4.98 Å². The molecule has 2 aromatic rings. The Morgan fingerprint density at radius 2 is 2.24 bits per heavy atom. The monoisotopic (exact) mass is 308 g/mol. The van der Waals surface area contributed by atoms with Gasteiger partial charge in [0.1, 0.15) is 11.5 Å². The molecule has 1 aromatic heterocycles. The van der Waals surface area contributed by atoms with Crippen LogP contribution in [0.2, 0.25) is 0 Å². The molecular formula is C16H21ClN2O2. The molecule has 5 heteroatoms. The number of oxazole rings is 1. The molecule has 0 bridgehead atoms. The van der Waals surface area contributed by atoms with Crippen LogP contribution in [0, 0.1) is 0 Å². The minimum absolute atomic E-state index is 0. The highest BCUT2D eigenvalue weighted by Gasteiger charge is 2.20. The van der Waals surface area contributed by atoms with Gasteiger partial charge in [0.05, 0.1) is 13.3 Å². The maximum Gasteiger partial charge on any atom is 0.198 e. The largest absolute Gasteiger partial charge is 0.496 e. The van der Waals surface area contributed by atoms with Crippen molar-refractivity contribution in [3.05, 3.63) is 47.7 Å². The number of halogens is 1. The molecule has 1 fully saturated rings. The molecular weight excluding hydrogens is 288 g/mol. The number of rotatable bonds is 4. The number of aromatic nitrogens is 1. The second kappa shape index (κ2) is 7.48. The number of nitrogens with one attached hydrogen (secondary N) is 1. The van der Waals surface area contributed by atoms with Crippen molar-refractivity contribution in [1.29, 1.82) is 0 Å². The minimum Gasteiger partial charge on any atom is -0.496 e. The minimum atomic E-state index is 0. The van der Waals surface area contributed by atoms with Crippen molar-refractivity contribution in [3.8, 4) is 5.75 Å². The van der Waals surface area contributed by atoms with Gasteiger partial charge in [-0.2, -0.15) is 0 Å². The molecule has 0 spiro atoms. The van der Waals surface area contributed by atoms with Gasteiger partial charge < -0.3 is 14.5 Å².